The Hall–Kier alpha value is -0.420. The zero-order valence-electron chi connectivity index (χ0n) is 10.3. The van der Waals surface area contributed by atoms with Crippen LogP contribution in [0.15, 0.2) is 16.2 Å². The molecule has 0 fully saturated rings. The minimum Gasteiger partial charge on any atom is -0.370 e. The van der Waals surface area contributed by atoms with Gasteiger partial charge in [0.15, 0.2) is 5.16 Å². The summed E-state index contributed by atoms with van der Waals surface area (Å²) in [6.45, 7) is 7.37. The largest absolute Gasteiger partial charge is 0.370 e. The Morgan fingerprint density at radius 1 is 1.38 bits per heavy atom. The second-order valence-corrected chi connectivity index (χ2v) is 5.68. The van der Waals surface area contributed by atoms with Crippen molar-refractivity contribution in [2.45, 2.75) is 42.6 Å². The minimum atomic E-state index is 0.596. The van der Waals surface area contributed by atoms with Crippen molar-refractivity contribution in [1.82, 2.24) is 9.97 Å². The Bertz CT molecular complexity index is 331. The zero-order valence-corrected chi connectivity index (χ0v) is 11.9. The normalized spacial score (nSPS) is 12.5. The summed E-state index contributed by atoms with van der Waals surface area (Å²) < 4.78 is 0. The van der Waals surface area contributed by atoms with Crippen molar-refractivity contribution in [1.29, 1.82) is 0 Å². The number of rotatable bonds is 6. The number of anilines is 1. The molecule has 0 aliphatic heterocycles. The molecule has 0 aromatic carbocycles. The molecule has 90 valence electrons. The van der Waals surface area contributed by atoms with Crippen LogP contribution >= 0.6 is 23.5 Å². The molecule has 1 rings (SSSR count). The summed E-state index contributed by atoms with van der Waals surface area (Å²) in [5.41, 5.74) is 0. The highest BCUT2D eigenvalue weighted by Gasteiger charge is 2.07. The van der Waals surface area contributed by atoms with E-state index in [1.165, 1.54) is 0 Å². The molecular formula is C11H19N3S2. The van der Waals surface area contributed by atoms with Crippen molar-refractivity contribution in [2.75, 3.05) is 18.1 Å². The molecule has 1 heterocycles. The van der Waals surface area contributed by atoms with Gasteiger partial charge in [-0.05, 0) is 19.6 Å². The van der Waals surface area contributed by atoms with Gasteiger partial charge < -0.3 is 5.32 Å². The van der Waals surface area contributed by atoms with Gasteiger partial charge in [-0.3, -0.25) is 0 Å². The van der Waals surface area contributed by atoms with E-state index >= 15 is 0 Å². The smallest absolute Gasteiger partial charge is 0.190 e. The van der Waals surface area contributed by atoms with Crippen LogP contribution in [0.3, 0.4) is 0 Å². The molecule has 1 atom stereocenters. The third-order valence-corrected chi connectivity index (χ3v) is 3.85. The van der Waals surface area contributed by atoms with Crippen LogP contribution in [-0.2, 0) is 0 Å². The van der Waals surface area contributed by atoms with E-state index in [2.05, 4.69) is 36.1 Å². The van der Waals surface area contributed by atoms with Gasteiger partial charge in [-0.25, -0.2) is 9.97 Å². The Morgan fingerprint density at radius 3 is 2.69 bits per heavy atom. The second kappa shape index (κ2) is 7.01. The minimum absolute atomic E-state index is 0.596. The molecule has 3 nitrogen and oxygen atoms in total. The lowest BCUT2D eigenvalue weighted by molar-refractivity contribution is 0.868. The first-order valence-corrected chi connectivity index (χ1v) is 7.63. The highest BCUT2D eigenvalue weighted by atomic mass is 32.2. The van der Waals surface area contributed by atoms with Gasteiger partial charge >= 0.3 is 0 Å². The summed E-state index contributed by atoms with van der Waals surface area (Å²) in [5.74, 6) is 0.924. The summed E-state index contributed by atoms with van der Waals surface area (Å²) in [4.78, 5) is 8.90. The van der Waals surface area contributed by atoms with Gasteiger partial charge in [0.25, 0.3) is 0 Å². The van der Waals surface area contributed by atoms with Crippen LogP contribution in [0.1, 0.15) is 27.2 Å². The number of aromatic nitrogens is 2. The van der Waals surface area contributed by atoms with Crippen molar-refractivity contribution in [2.24, 2.45) is 0 Å². The van der Waals surface area contributed by atoms with Crippen LogP contribution in [0.5, 0.6) is 0 Å². The Morgan fingerprint density at radius 2 is 2.12 bits per heavy atom. The predicted molar refractivity (Wildman–Crippen MR) is 73.6 cm³/mol. The third kappa shape index (κ3) is 4.22. The maximum absolute atomic E-state index is 4.50. The maximum Gasteiger partial charge on any atom is 0.190 e. The van der Waals surface area contributed by atoms with Gasteiger partial charge in [-0.2, -0.15) is 0 Å². The molecule has 0 aliphatic rings. The molecule has 0 bridgehead atoms. The van der Waals surface area contributed by atoms with Crippen molar-refractivity contribution in [3.8, 4) is 0 Å². The van der Waals surface area contributed by atoms with Crippen molar-refractivity contribution >= 4 is 29.3 Å². The highest BCUT2D eigenvalue weighted by Crippen LogP contribution is 2.26. The van der Waals surface area contributed by atoms with E-state index in [1.54, 1.807) is 11.8 Å². The van der Waals surface area contributed by atoms with Crippen LogP contribution in [0.25, 0.3) is 0 Å². The van der Waals surface area contributed by atoms with E-state index in [0.29, 0.717) is 5.25 Å². The number of hydrogen-bond donors (Lipinski definition) is 1. The van der Waals surface area contributed by atoms with Crippen LogP contribution in [0.4, 0.5) is 5.82 Å². The van der Waals surface area contributed by atoms with Gasteiger partial charge in [-0.15, -0.1) is 11.8 Å². The summed E-state index contributed by atoms with van der Waals surface area (Å²) in [7, 11) is 0. The molecule has 16 heavy (non-hydrogen) atoms. The topological polar surface area (TPSA) is 37.8 Å². The van der Waals surface area contributed by atoms with E-state index in [-0.39, 0.29) is 0 Å². The van der Waals surface area contributed by atoms with Crippen LogP contribution in [0, 0.1) is 0 Å². The number of thioether (sulfide) groups is 2. The predicted octanol–water partition coefficient (Wildman–Crippen LogP) is 3.52. The summed E-state index contributed by atoms with van der Waals surface area (Å²) in [5, 5.41) is 5.73. The van der Waals surface area contributed by atoms with Gasteiger partial charge in [0.1, 0.15) is 10.8 Å². The number of hydrogen-bond acceptors (Lipinski definition) is 5. The van der Waals surface area contributed by atoms with E-state index in [9.17, 15) is 0 Å². The standard InChI is InChI=1S/C11H19N3S2/c1-5-8(3)16-10-7-9(12-6-2)13-11(14-10)15-4/h7-8H,5-6H2,1-4H3,(H,12,13,14). The molecule has 0 amide bonds. The second-order valence-electron chi connectivity index (χ2n) is 3.45. The van der Waals surface area contributed by atoms with Crippen LogP contribution < -0.4 is 5.32 Å². The van der Waals surface area contributed by atoms with Gasteiger partial charge in [0, 0.05) is 17.9 Å². The molecule has 1 aromatic heterocycles. The lowest BCUT2D eigenvalue weighted by Crippen LogP contribution is -2.03. The first kappa shape index (κ1) is 13.6. The Kier molecular flexibility index (Phi) is 5.98. The average molecular weight is 257 g/mol. The van der Waals surface area contributed by atoms with Crippen molar-refractivity contribution in [3.63, 3.8) is 0 Å². The van der Waals surface area contributed by atoms with Gasteiger partial charge in [0.2, 0.25) is 0 Å². The molecule has 1 unspecified atom stereocenters. The highest BCUT2D eigenvalue weighted by molar-refractivity contribution is 8.00. The summed E-state index contributed by atoms with van der Waals surface area (Å²) in [6, 6.07) is 2.03. The molecule has 0 spiro atoms. The van der Waals surface area contributed by atoms with E-state index in [4.69, 9.17) is 0 Å². The van der Waals surface area contributed by atoms with E-state index in [0.717, 1.165) is 29.0 Å². The fraction of sp³-hybridized carbons (Fsp3) is 0.636. The monoisotopic (exact) mass is 257 g/mol. The van der Waals surface area contributed by atoms with E-state index in [1.807, 2.05) is 24.1 Å². The van der Waals surface area contributed by atoms with Crippen LogP contribution in [0.2, 0.25) is 0 Å². The Labute approximate surface area is 106 Å². The number of nitrogens with zero attached hydrogens (tertiary/aromatic N) is 2. The quantitative estimate of drug-likeness (QED) is 0.479. The molecule has 0 radical (unpaired) electrons. The maximum atomic E-state index is 4.50. The zero-order chi connectivity index (χ0) is 12.0. The average Bonchev–Trinajstić information content (AvgIpc) is 2.29. The van der Waals surface area contributed by atoms with Gasteiger partial charge in [-0.1, -0.05) is 25.6 Å². The molecule has 0 saturated carbocycles. The van der Waals surface area contributed by atoms with Gasteiger partial charge in [0.05, 0.1) is 0 Å². The molecule has 1 aromatic rings. The molecular weight excluding hydrogens is 238 g/mol. The van der Waals surface area contributed by atoms with Crippen LogP contribution in [-0.4, -0.2) is 28.0 Å². The SMILES string of the molecule is CCNc1cc(SC(C)CC)nc(SC)n1. The summed E-state index contributed by atoms with van der Waals surface area (Å²) in [6.07, 6.45) is 3.16. The van der Waals surface area contributed by atoms with Crippen molar-refractivity contribution < 1.29 is 0 Å². The van der Waals surface area contributed by atoms with E-state index < -0.39 is 0 Å². The Balaban J connectivity index is 2.85. The third-order valence-electron chi connectivity index (χ3n) is 2.12. The molecule has 0 saturated heterocycles. The van der Waals surface area contributed by atoms with Crippen molar-refractivity contribution in [3.05, 3.63) is 6.07 Å². The first-order chi connectivity index (χ1) is 7.69. The molecule has 1 N–H and O–H groups in total. The fourth-order valence-electron chi connectivity index (χ4n) is 1.12. The lowest BCUT2D eigenvalue weighted by Gasteiger charge is -2.10. The molecule has 5 heteroatoms. The molecule has 0 aliphatic carbocycles. The fourth-order valence-corrected chi connectivity index (χ4v) is 2.45. The first-order valence-electron chi connectivity index (χ1n) is 5.53. The summed E-state index contributed by atoms with van der Waals surface area (Å²) >= 11 is 3.39. The lowest BCUT2D eigenvalue weighted by atomic mass is 10.4. The number of nitrogens with one attached hydrogen (secondary N) is 1.